The quantitative estimate of drug-likeness (QED) is 0.759. The molecule has 0 unspecified atom stereocenters. The SMILES string of the molecule is NC(=S)CS(=O)(=O)NCc1ccccc1F. The summed E-state index contributed by atoms with van der Waals surface area (Å²) in [6.45, 7) is -0.113. The van der Waals surface area contributed by atoms with E-state index in [4.69, 9.17) is 5.73 Å². The summed E-state index contributed by atoms with van der Waals surface area (Å²) in [5.41, 5.74) is 5.39. The average molecular weight is 262 g/mol. The summed E-state index contributed by atoms with van der Waals surface area (Å²) >= 11 is 4.48. The van der Waals surface area contributed by atoms with Crippen molar-refractivity contribution in [3.05, 3.63) is 35.6 Å². The summed E-state index contributed by atoms with van der Waals surface area (Å²) < 4.78 is 38.0. The molecule has 7 heteroatoms. The van der Waals surface area contributed by atoms with Gasteiger partial charge in [-0.3, -0.25) is 0 Å². The lowest BCUT2D eigenvalue weighted by Gasteiger charge is -2.06. The molecule has 0 aromatic heterocycles. The molecule has 0 saturated carbocycles. The fourth-order valence-corrected chi connectivity index (χ4v) is 2.39. The number of hydrogen-bond acceptors (Lipinski definition) is 3. The molecule has 1 aromatic rings. The molecule has 0 spiro atoms. The molecular formula is C9H11FN2O2S2. The van der Waals surface area contributed by atoms with Crippen molar-refractivity contribution in [1.82, 2.24) is 4.72 Å². The van der Waals surface area contributed by atoms with Crippen LogP contribution in [0.25, 0.3) is 0 Å². The zero-order valence-corrected chi connectivity index (χ0v) is 9.94. The second-order valence-corrected chi connectivity index (χ2v) is 5.47. The lowest BCUT2D eigenvalue weighted by Crippen LogP contribution is -2.32. The molecule has 0 atom stereocenters. The van der Waals surface area contributed by atoms with Gasteiger partial charge in [-0.15, -0.1) is 0 Å². The summed E-state index contributed by atoms with van der Waals surface area (Å²) in [4.78, 5) is -0.124. The van der Waals surface area contributed by atoms with Crippen molar-refractivity contribution in [2.24, 2.45) is 5.73 Å². The van der Waals surface area contributed by atoms with Crippen LogP contribution in [0.3, 0.4) is 0 Å². The summed E-state index contributed by atoms with van der Waals surface area (Å²) in [6.07, 6.45) is 0. The van der Waals surface area contributed by atoms with Crippen LogP contribution in [0.2, 0.25) is 0 Å². The van der Waals surface area contributed by atoms with Crippen LogP contribution < -0.4 is 10.5 Å². The third kappa shape index (κ3) is 4.21. The molecule has 0 bridgehead atoms. The lowest BCUT2D eigenvalue weighted by molar-refractivity contribution is 0.578. The Morgan fingerprint density at radius 3 is 2.62 bits per heavy atom. The molecule has 16 heavy (non-hydrogen) atoms. The number of rotatable bonds is 5. The van der Waals surface area contributed by atoms with Crippen molar-refractivity contribution in [2.45, 2.75) is 6.54 Å². The van der Waals surface area contributed by atoms with Crippen LogP contribution in [0.1, 0.15) is 5.56 Å². The molecule has 88 valence electrons. The first-order chi connectivity index (χ1) is 7.41. The van der Waals surface area contributed by atoms with Gasteiger partial charge in [0.2, 0.25) is 10.0 Å². The predicted molar refractivity (Wildman–Crippen MR) is 63.8 cm³/mol. The van der Waals surface area contributed by atoms with Crippen LogP contribution in [0.15, 0.2) is 24.3 Å². The minimum absolute atomic E-state index is 0.113. The van der Waals surface area contributed by atoms with E-state index in [-0.39, 0.29) is 17.1 Å². The van der Waals surface area contributed by atoms with Gasteiger partial charge in [0.1, 0.15) is 11.6 Å². The normalized spacial score (nSPS) is 11.3. The summed E-state index contributed by atoms with van der Waals surface area (Å²) in [5.74, 6) is -0.892. The number of halogens is 1. The van der Waals surface area contributed by atoms with Gasteiger partial charge in [0.15, 0.2) is 0 Å². The minimum atomic E-state index is -3.58. The second-order valence-electron chi connectivity index (χ2n) is 3.14. The smallest absolute Gasteiger partial charge is 0.218 e. The Hall–Kier alpha value is -1.05. The van der Waals surface area contributed by atoms with E-state index >= 15 is 0 Å². The Bertz CT molecular complexity index is 488. The van der Waals surface area contributed by atoms with Gasteiger partial charge in [-0.05, 0) is 6.07 Å². The number of hydrogen-bond donors (Lipinski definition) is 2. The van der Waals surface area contributed by atoms with Crippen molar-refractivity contribution in [3.63, 3.8) is 0 Å². The van der Waals surface area contributed by atoms with E-state index in [1.807, 2.05) is 0 Å². The van der Waals surface area contributed by atoms with Crippen molar-refractivity contribution in [1.29, 1.82) is 0 Å². The molecular weight excluding hydrogens is 251 g/mol. The maximum Gasteiger partial charge on any atom is 0.218 e. The van der Waals surface area contributed by atoms with Gasteiger partial charge in [0, 0.05) is 12.1 Å². The van der Waals surface area contributed by atoms with E-state index in [0.717, 1.165) is 0 Å². The fourth-order valence-electron chi connectivity index (χ4n) is 1.07. The molecule has 3 N–H and O–H groups in total. The van der Waals surface area contributed by atoms with E-state index in [9.17, 15) is 12.8 Å². The Morgan fingerprint density at radius 1 is 1.44 bits per heavy atom. The molecule has 0 aliphatic carbocycles. The Balaban J connectivity index is 2.65. The van der Waals surface area contributed by atoms with Crippen LogP contribution >= 0.6 is 12.2 Å². The monoisotopic (exact) mass is 262 g/mol. The molecule has 0 fully saturated rings. The van der Waals surface area contributed by atoms with Crippen molar-refractivity contribution < 1.29 is 12.8 Å². The van der Waals surface area contributed by atoms with Gasteiger partial charge in [-0.2, -0.15) is 0 Å². The minimum Gasteiger partial charge on any atom is -0.392 e. The van der Waals surface area contributed by atoms with E-state index in [1.54, 1.807) is 6.07 Å². The van der Waals surface area contributed by atoms with Crippen molar-refractivity contribution >= 4 is 27.2 Å². The van der Waals surface area contributed by atoms with E-state index < -0.39 is 21.6 Å². The highest BCUT2D eigenvalue weighted by atomic mass is 32.2. The van der Waals surface area contributed by atoms with Crippen LogP contribution in [0.4, 0.5) is 4.39 Å². The Morgan fingerprint density at radius 2 is 2.06 bits per heavy atom. The first-order valence-corrected chi connectivity index (χ1v) is 6.46. The summed E-state index contributed by atoms with van der Waals surface area (Å²) in [6, 6.07) is 5.92. The van der Waals surface area contributed by atoms with E-state index in [2.05, 4.69) is 16.9 Å². The lowest BCUT2D eigenvalue weighted by atomic mass is 10.2. The molecule has 4 nitrogen and oxygen atoms in total. The largest absolute Gasteiger partial charge is 0.392 e. The maximum absolute atomic E-state index is 13.1. The van der Waals surface area contributed by atoms with Gasteiger partial charge < -0.3 is 5.73 Å². The molecule has 0 radical (unpaired) electrons. The number of nitrogens with one attached hydrogen (secondary N) is 1. The molecule has 1 aromatic carbocycles. The second kappa shape index (κ2) is 5.33. The van der Waals surface area contributed by atoms with Gasteiger partial charge in [0.25, 0.3) is 0 Å². The average Bonchev–Trinajstić information content (AvgIpc) is 2.14. The number of benzene rings is 1. The highest BCUT2D eigenvalue weighted by molar-refractivity contribution is 7.92. The first kappa shape index (κ1) is 13.0. The number of sulfonamides is 1. The zero-order valence-electron chi connectivity index (χ0n) is 8.31. The van der Waals surface area contributed by atoms with E-state index in [0.29, 0.717) is 0 Å². The van der Waals surface area contributed by atoms with Crippen molar-refractivity contribution in [3.8, 4) is 0 Å². The Labute approximate surface area is 98.7 Å². The summed E-state index contributed by atoms with van der Waals surface area (Å²) in [7, 11) is -3.58. The fraction of sp³-hybridized carbons (Fsp3) is 0.222. The maximum atomic E-state index is 13.1. The molecule has 0 aliphatic heterocycles. The molecule has 0 heterocycles. The third-order valence-electron chi connectivity index (χ3n) is 1.77. The van der Waals surface area contributed by atoms with Crippen LogP contribution in [0, 0.1) is 5.82 Å². The van der Waals surface area contributed by atoms with Gasteiger partial charge >= 0.3 is 0 Å². The molecule has 1 rings (SSSR count). The van der Waals surface area contributed by atoms with Gasteiger partial charge in [-0.25, -0.2) is 17.5 Å². The first-order valence-electron chi connectivity index (χ1n) is 4.40. The number of nitrogens with two attached hydrogens (primary N) is 1. The number of thiocarbonyl (C=S) groups is 1. The van der Waals surface area contributed by atoms with Crippen LogP contribution in [0.5, 0.6) is 0 Å². The standard InChI is InChI=1S/C9H11FN2O2S2/c10-8-4-2-1-3-7(8)5-12-16(13,14)6-9(11)15/h1-4,12H,5-6H2,(H2,11,15). The van der Waals surface area contributed by atoms with Gasteiger partial charge in [-0.1, -0.05) is 30.4 Å². The topological polar surface area (TPSA) is 72.2 Å². The van der Waals surface area contributed by atoms with E-state index in [1.165, 1.54) is 18.2 Å². The highest BCUT2D eigenvalue weighted by Gasteiger charge is 2.12. The third-order valence-corrected chi connectivity index (χ3v) is 3.37. The molecule has 0 amide bonds. The molecule has 0 aliphatic rings. The summed E-state index contributed by atoms with van der Waals surface area (Å²) in [5, 5.41) is 0. The zero-order chi connectivity index (χ0) is 12.2. The van der Waals surface area contributed by atoms with Crippen molar-refractivity contribution in [2.75, 3.05) is 5.75 Å². The van der Waals surface area contributed by atoms with Crippen LogP contribution in [-0.4, -0.2) is 19.2 Å². The van der Waals surface area contributed by atoms with Gasteiger partial charge in [0.05, 0.1) is 4.99 Å². The predicted octanol–water partition coefficient (Wildman–Crippen LogP) is 0.531. The Kier molecular flexibility index (Phi) is 4.34. The highest BCUT2D eigenvalue weighted by Crippen LogP contribution is 2.06. The molecule has 0 saturated heterocycles. The van der Waals surface area contributed by atoms with Crippen LogP contribution in [-0.2, 0) is 16.6 Å².